The Balaban J connectivity index is 1.81. The topological polar surface area (TPSA) is 38.3 Å². The lowest BCUT2D eigenvalue weighted by molar-refractivity contribution is 0.156. The Morgan fingerprint density at radius 1 is 1.19 bits per heavy atom. The molecule has 0 saturated heterocycles. The first-order valence-electron chi connectivity index (χ1n) is 4.86. The maximum absolute atomic E-state index is 11.4. The molecule has 0 fully saturated rings. The second-order valence-electron chi connectivity index (χ2n) is 3.15. The Morgan fingerprint density at radius 3 is 2.69 bits per heavy atom. The average molecular weight is 233 g/mol. The molecule has 2 aromatic rings. The van der Waals surface area contributed by atoms with E-state index in [0.29, 0.717) is 6.61 Å². The summed E-state index contributed by atoms with van der Waals surface area (Å²) >= 11 is 1.57. The van der Waals surface area contributed by atoms with Gasteiger partial charge in [0.25, 0.3) is 0 Å². The van der Waals surface area contributed by atoms with Gasteiger partial charge in [0, 0.05) is 10.6 Å². The Labute approximate surface area is 97.7 Å². The van der Waals surface area contributed by atoms with Crippen molar-refractivity contribution in [2.45, 2.75) is 6.61 Å². The first kappa shape index (κ1) is 10.7. The lowest BCUT2D eigenvalue weighted by atomic mass is 10.3. The van der Waals surface area contributed by atoms with Gasteiger partial charge in [-0.15, -0.1) is 11.3 Å². The highest BCUT2D eigenvalue weighted by atomic mass is 32.1. The van der Waals surface area contributed by atoms with E-state index in [1.165, 1.54) is 0 Å². The number of para-hydroxylation sites is 1. The predicted molar refractivity (Wildman–Crippen MR) is 64.6 cm³/mol. The van der Waals surface area contributed by atoms with E-state index in [-0.39, 0.29) is 0 Å². The van der Waals surface area contributed by atoms with Crippen LogP contribution in [0, 0.1) is 0 Å². The van der Waals surface area contributed by atoms with Crippen LogP contribution < -0.4 is 5.32 Å². The summed E-state index contributed by atoms with van der Waals surface area (Å²) in [7, 11) is 0. The van der Waals surface area contributed by atoms with Crippen LogP contribution >= 0.6 is 11.3 Å². The fourth-order valence-electron chi connectivity index (χ4n) is 1.21. The lowest BCUT2D eigenvalue weighted by Crippen LogP contribution is -2.12. The number of benzene rings is 1. The molecule has 0 saturated carbocycles. The SMILES string of the molecule is O=C(Nc1ccccc1)OCc1cccs1. The molecule has 1 aromatic carbocycles. The maximum atomic E-state index is 11.4. The van der Waals surface area contributed by atoms with Crippen LogP contribution in [0.5, 0.6) is 0 Å². The van der Waals surface area contributed by atoms with Crippen LogP contribution in [-0.4, -0.2) is 6.09 Å². The van der Waals surface area contributed by atoms with E-state index >= 15 is 0 Å². The highest BCUT2D eigenvalue weighted by molar-refractivity contribution is 7.09. The Kier molecular flexibility index (Phi) is 3.56. The zero-order chi connectivity index (χ0) is 11.2. The molecule has 1 heterocycles. The minimum atomic E-state index is -0.431. The zero-order valence-electron chi connectivity index (χ0n) is 8.55. The molecular weight excluding hydrogens is 222 g/mol. The third-order valence-electron chi connectivity index (χ3n) is 1.95. The number of carbonyl (C=O) groups excluding carboxylic acids is 1. The standard InChI is InChI=1S/C12H11NO2S/c14-12(13-10-5-2-1-3-6-10)15-9-11-7-4-8-16-11/h1-8H,9H2,(H,13,14). The lowest BCUT2D eigenvalue weighted by Gasteiger charge is -2.05. The normalized spacial score (nSPS) is 9.75. The molecule has 16 heavy (non-hydrogen) atoms. The molecule has 0 aliphatic rings. The second kappa shape index (κ2) is 5.32. The van der Waals surface area contributed by atoms with Gasteiger partial charge in [-0.2, -0.15) is 0 Å². The molecule has 0 atom stereocenters. The monoisotopic (exact) mass is 233 g/mol. The Morgan fingerprint density at radius 2 is 2.00 bits per heavy atom. The van der Waals surface area contributed by atoms with Crippen LogP contribution in [0.15, 0.2) is 47.8 Å². The molecule has 0 aliphatic carbocycles. The highest BCUT2D eigenvalue weighted by Crippen LogP contribution is 2.11. The van der Waals surface area contributed by atoms with E-state index < -0.39 is 6.09 Å². The van der Waals surface area contributed by atoms with Crippen molar-refractivity contribution < 1.29 is 9.53 Å². The van der Waals surface area contributed by atoms with E-state index in [4.69, 9.17) is 4.74 Å². The first-order chi connectivity index (χ1) is 7.84. The van der Waals surface area contributed by atoms with Crippen LogP contribution in [0.25, 0.3) is 0 Å². The van der Waals surface area contributed by atoms with Crippen LogP contribution in [0.2, 0.25) is 0 Å². The van der Waals surface area contributed by atoms with Crippen LogP contribution in [0.1, 0.15) is 4.88 Å². The van der Waals surface area contributed by atoms with Gasteiger partial charge in [-0.25, -0.2) is 4.79 Å². The third-order valence-corrected chi connectivity index (χ3v) is 2.80. The quantitative estimate of drug-likeness (QED) is 0.881. The largest absolute Gasteiger partial charge is 0.444 e. The summed E-state index contributed by atoms with van der Waals surface area (Å²) in [5.74, 6) is 0. The van der Waals surface area contributed by atoms with E-state index in [2.05, 4.69) is 5.32 Å². The number of thiophene rings is 1. The smallest absolute Gasteiger partial charge is 0.411 e. The number of amides is 1. The summed E-state index contributed by atoms with van der Waals surface area (Å²) in [4.78, 5) is 12.4. The van der Waals surface area contributed by atoms with Crippen molar-refractivity contribution in [3.8, 4) is 0 Å². The summed E-state index contributed by atoms with van der Waals surface area (Å²) in [6, 6.07) is 13.1. The molecule has 2 rings (SSSR count). The van der Waals surface area contributed by atoms with Crippen molar-refractivity contribution in [3.63, 3.8) is 0 Å². The van der Waals surface area contributed by atoms with Crippen molar-refractivity contribution in [3.05, 3.63) is 52.7 Å². The number of nitrogens with one attached hydrogen (secondary N) is 1. The summed E-state index contributed by atoms with van der Waals surface area (Å²) in [5.41, 5.74) is 0.735. The fraction of sp³-hybridized carbons (Fsp3) is 0.0833. The summed E-state index contributed by atoms with van der Waals surface area (Å²) in [5, 5.41) is 4.60. The Bertz CT molecular complexity index is 439. The summed E-state index contributed by atoms with van der Waals surface area (Å²) < 4.78 is 5.05. The molecule has 0 aliphatic heterocycles. The molecule has 1 amide bonds. The molecule has 0 radical (unpaired) electrons. The molecule has 0 bridgehead atoms. The van der Waals surface area contributed by atoms with E-state index in [1.807, 2.05) is 47.8 Å². The van der Waals surface area contributed by atoms with Crippen LogP contribution in [0.3, 0.4) is 0 Å². The minimum Gasteiger partial charge on any atom is -0.444 e. The van der Waals surface area contributed by atoms with Crippen molar-refractivity contribution >= 4 is 23.1 Å². The predicted octanol–water partition coefficient (Wildman–Crippen LogP) is 3.50. The molecule has 1 N–H and O–H groups in total. The van der Waals surface area contributed by atoms with E-state index in [0.717, 1.165) is 10.6 Å². The van der Waals surface area contributed by atoms with Crippen LogP contribution in [0.4, 0.5) is 10.5 Å². The van der Waals surface area contributed by atoms with Gasteiger partial charge in [0.2, 0.25) is 0 Å². The molecule has 82 valence electrons. The van der Waals surface area contributed by atoms with Crippen molar-refractivity contribution in [1.29, 1.82) is 0 Å². The van der Waals surface area contributed by atoms with Gasteiger partial charge in [-0.05, 0) is 23.6 Å². The molecular formula is C12H11NO2S. The van der Waals surface area contributed by atoms with Crippen molar-refractivity contribution in [1.82, 2.24) is 0 Å². The van der Waals surface area contributed by atoms with Gasteiger partial charge >= 0.3 is 6.09 Å². The van der Waals surface area contributed by atoms with Gasteiger partial charge in [0.1, 0.15) is 6.61 Å². The molecule has 1 aromatic heterocycles. The number of hydrogen-bond donors (Lipinski definition) is 1. The zero-order valence-corrected chi connectivity index (χ0v) is 9.37. The van der Waals surface area contributed by atoms with E-state index in [9.17, 15) is 4.79 Å². The Hall–Kier alpha value is -1.81. The minimum absolute atomic E-state index is 0.316. The maximum Gasteiger partial charge on any atom is 0.411 e. The number of anilines is 1. The molecule has 0 spiro atoms. The number of hydrogen-bond acceptors (Lipinski definition) is 3. The van der Waals surface area contributed by atoms with Gasteiger partial charge in [0.05, 0.1) is 0 Å². The summed E-state index contributed by atoms with van der Waals surface area (Å²) in [6.07, 6.45) is -0.431. The van der Waals surface area contributed by atoms with Gasteiger partial charge < -0.3 is 4.74 Å². The van der Waals surface area contributed by atoms with Crippen molar-refractivity contribution in [2.24, 2.45) is 0 Å². The average Bonchev–Trinajstić information content (AvgIpc) is 2.81. The fourth-order valence-corrected chi connectivity index (χ4v) is 1.82. The van der Waals surface area contributed by atoms with Crippen LogP contribution in [-0.2, 0) is 11.3 Å². The number of carbonyl (C=O) groups is 1. The molecule has 3 nitrogen and oxygen atoms in total. The third kappa shape index (κ3) is 3.10. The van der Waals surface area contributed by atoms with Gasteiger partial charge in [-0.1, -0.05) is 24.3 Å². The second-order valence-corrected chi connectivity index (χ2v) is 4.18. The number of rotatable bonds is 3. The van der Waals surface area contributed by atoms with E-state index in [1.54, 1.807) is 11.3 Å². The highest BCUT2D eigenvalue weighted by Gasteiger charge is 2.03. The van der Waals surface area contributed by atoms with Gasteiger partial charge in [0.15, 0.2) is 0 Å². The molecule has 4 heteroatoms. The number of ether oxygens (including phenoxy) is 1. The summed E-state index contributed by atoms with van der Waals surface area (Å²) in [6.45, 7) is 0.316. The first-order valence-corrected chi connectivity index (χ1v) is 5.74. The van der Waals surface area contributed by atoms with Gasteiger partial charge in [-0.3, -0.25) is 5.32 Å². The van der Waals surface area contributed by atoms with Crippen molar-refractivity contribution in [2.75, 3.05) is 5.32 Å². The molecule has 0 unspecified atom stereocenters.